The SMILES string of the molecule is O=C(O)C(COc1ccccc1)c1cccc(F)c1. The Morgan fingerprint density at radius 1 is 1.16 bits per heavy atom. The van der Waals surface area contributed by atoms with E-state index in [1.165, 1.54) is 18.2 Å². The van der Waals surface area contributed by atoms with Gasteiger partial charge in [-0.15, -0.1) is 0 Å². The molecule has 2 rings (SSSR count). The highest BCUT2D eigenvalue weighted by molar-refractivity contribution is 5.76. The highest BCUT2D eigenvalue weighted by Crippen LogP contribution is 2.19. The van der Waals surface area contributed by atoms with E-state index in [0.717, 1.165) is 0 Å². The second-order valence-corrected chi connectivity index (χ2v) is 4.07. The van der Waals surface area contributed by atoms with E-state index in [1.54, 1.807) is 30.3 Å². The molecule has 0 aliphatic carbocycles. The first-order chi connectivity index (χ1) is 9.16. The fourth-order valence-electron chi connectivity index (χ4n) is 1.73. The van der Waals surface area contributed by atoms with E-state index in [1.807, 2.05) is 6.07 Å². The molecule has 0 heterocycles. The van der Waals surface area contributed by atoms with Gasteiger partial charge in [0.25, 0.3) is 0 Å². The van der Waals surface area contributed by atoms with Gasteiger partial charge in [0.15, 0.2) is 0 Å². The summed E-state index contributed by atoms with van der Waals surface area (Å²) in [5, 5.41) is 9.19. The third-order valence-corrected chi connectivity index (χ3v) is 2.71. The topological polar surface area (TPSA) is 46.5 Å². The first-order valence-corrected chi connectivity index (χ1v) is 5.83. The van der Waals surface area contributed by atoms with Gasteiger partial charge in [0, 0.05) is 0 Å². The fraction of sp³-hybridized carbons (Fsp3) is 0.133. The lowest BCUT2D eigenvalue weighted by molar-refractivity contribution is -0.139. The summed E-state index contributed by atoms with van der Waals surface area (Å²) in [5.74, 6) is -1.80. The molecule has 19 heavy (non-hydrogen) atoms. The number of hydrogen-bond acceptors (Lipinski definition) is 2. The Morgan fingerprint density at radius 3 is 2.53 bits per heavy atom. The van der Waals surface area contributed by atoms with Gasteiger partial charge in [0.05, 0.1) is 0 Å². The summed E-state index contributed by atoms with van der Waals surface area (Å²) < 4.78 is 18.5. The molecule has 0 bridgehead atoms. The maximum Gasteiger partial charge on any atom is 0.314 e. The number of carboxylic acid groups (broad SMARTS) is 1. The minimum absolute atomic E-state index is 0.0389. The van der Waals surface area contributed by atoms with Crippen molar-refractivity contribution >= 4 is 5.97 Å². The van der Waals surface area contributed by atoms with Crippen LogP contribution in [-0.4, -0.2) is 17.7 Å². The Hall–Kier alpha value is -2.36. The second kappa shape index (κ2) is 6.00. The van der Waals surface area contributed by atoms with Crippen LogP contribution in [0.4, 0.5) is 4.39 Å². The van der Waals surface area contributed by atoms with Crippen LogP contribution in [0.1, 0.15) is 11.5 Å². The Morgan fingerprint density at radius 2 is 1.89 bits per heavy atom. The number of aliphatic carboxylic acids is 1. The van der Waals surface area contributed by atoms with E-state index < -0.39 is 17.7 Å². The number of carbonyl (C=O) groups is 1. The molecule has 2 aromatic carbocycles. The molecular weight excluding hydrogens is 247 g/mol. The van der Waals surface area contributed by atoms with Crippen molar-refractivity contribution in [1.29, 1.82) is 0 Å². The minimum Gasteiger partial charge on any atom is -0.492 e. The standard InChI is InChI=1S/C15H13FO3/c16-12-6-4-5-11(9-12)14(15(17)18)10-19-13-7-2-1-3-8-13/h1-9,14H,10H2,(H,17,18). The summed E-state index contributed by atoms with van der Waals surface area (Å²) in [6.07, 6.45) is 0. The quantitative estimate of drug-likeness (QED) is 0.898. The number of carboxylic acids is 1. The van der Waals surface area contributed by atoms with Gasteiger partial charge in [-0.05, 0) is 29.8 Å². The molecule has 0 aromatic heterocycles. The van der Waals surface area contributed by atoms with Crippen LogP contribution in [-0.2, 0) is 4.79 Å². The van der Waals surface area contributed by atoms with Crippen molar-refractivity contribution in [2.75, 3.05) is 6.61 Å². The molecular formula is C15H13FO3. The van der Waals surface area contributed by atoms with Crippen LogP contribution in [0.25, 0.3) is 0 Å². The maximum atomic E-state index is 13.1. The van der Waals surface area contributed by atoms with Gasteiger partial charge in [-0.25, -0.2) is 4.39 Å². The molecule has 98 valence electrons. The van der Waals surface area contributed by atoms with Gasteiger partial charge in [-0.1, -0.05) is 30.3 Å². The molecule has 1 N–H and O–H groups in total. The van der Waals surface area contributed by atoms with Crippen LogP contribution < -0.4 is 4.74 Å². The van der Waals surface area contributed by atoms with E-state index in [2.05, 4.69) is 0 Å². The second-order valence-electron chi connectivity index (χ2n) is 4.07. The monoisotopic (exact) mass is 260 g/mol. The molecule has 2 aromatic rings. The first-order valence-electron chi connectivity index (χ1n) is 5.83. The molecule has 0 aliphatic heterocycles. The Labute approximate surface area is 110 Å². The van der Waals surface area contributed by atoms with Crippen LogP contribution in [0.5, 0.6) is 5.75 Å². The van der Waals surface area contributed by atoms with E-state index in [0.29, 0.717) is 11.3 Å². The molecule has 0 saturated heterocycles. The number of ether oxygens (including phenoxy) is 1. The lowest BCUT2D eigenvalue weighted by Crippen LogP contribution is -2.19. The van der Waals surface area contributed by atoms with E-state index in [4.69, 9.17) is 4.74 Å². The molecule has 0 saturated carbocycles. The zero-order valence-corrected chi connectivity index (χ0v) is 10.1. The van der Waals surface area contributed by atoms with Gasteiger partial charge >= 0.3 is 5.97 Å². The zero-order chi connectivity index (χ0) is 13.7. The van der Waals surface area contributed by atoms with Gasteiger partial charge in [0.1, 0.15) is 24.1 Å². The van der Waals surface area contributed by atoms with Crippen molar-refractivity contribution in [3.8, 4) is 5.75 Å². The largest absolute Gasteiger partial charge is 0.492 e. The first kappa shape index (κ1) is 13.1. The van der Waals surface area contributed by atoms with Crippen molar-refractivity contribution in [3.63, 3.8) is 0 Å². The summed E-state index contributed by atoms with van der Waals surface area (Å²) in [4.78, 5) is 11.2. The summed E-state index contributed by atoms with van der Waals surface area (Å²) in [7, 11) is 0. The van der Waals surface area contributed by atoms with Gasteiger partial charge in [-0.3, -0.25) is 4.79 Å². The Kier molecular flexibility index (Phi) is 4.13. The molecule has 0 aliphatic rings. The number of halogens is 1. The van der Waals surface area contributed by atoms with Crippen molar-refractivity contribution in [3.05, 3.63) is 66.0 Å². The summed E-state index contributed by atoms with van der Waals surface area (Å²) in [6.45, 7) is -0.0389. The third kappa shape index (κ3) is 3.55. The smallest absolute Gasteiger partial charge is 0.314 e. The van der Waals surface area contributed by atoms with E-state index in [-0.39, 0.29) is 6.61 Å². The van der Waals surface area contributed by atoms with Crippen LogP contribution in [0.3, 0.4) is 0 Å². The van der Waals surface area contributed by atoms with Crippen LogP contribution in [0.15, 0.2) is 54.6 Å². The number of benzene rings is 2. The Balaban J connectivity index is 2.11. The van der Waals surface area contributed by atoms with Crippen LogP contribution in [0.2, 0.25) is 0 Å². The highest BCUT2D eigenvalue weighted by Gasteiger charge is 2.21. The Bertz CT molecular complexity index is 554. The zero-order valence-electron chi connectivity index (χ0n) is 10.1. The normalized spacial score (nSPS) is 11.8. The van der Waals surface area contributed by atoms with E-state index in [9.17, 15) is 14.3 Å². The van der Waals surface area contributed by atoms with Crippen molar-refractivity contribution < 1.29 is 19.0 Å². The van der Waals surface area contributed by atoms with Crippen molar-refractivity contribution in [2.24, 2.45) is 0 Å². The van der Waals surface area contributed by atoms with Crippen molar-refractivity contribution in [1.82, 2.24) is 0 Å². The molecule has 0 radical (unpaired) electrons. The summed E-state index contributed by atoms with van der Waals surface area (Å²) >= 11 is 0. The van der Waals surface area contributed by atoms with Gasteiger partial charge < -0.3 is 9.84 Å². The van der Waals surface area contributed by atoms with Gasteiger partial charge in [0.2, 0.25) is 0 Å². The van der Waals surface area contributed by atoms with Gasteiger partial charge in [-0.2, -0.15) is 0 Å². The average Bonchev–Trinajstić information content (AvgIpc) is 2.40. The minimum atomic E-state index is -1.04. The number of hydrogen-bond donors (Lipinski definition) is 1. The van der Waals surface area contributed by atoms with Crippen molar-refractivity contribution in [2.45, 2.75) is 5.92 Å². The third-order valence-electron chi connectivity index (χ3n) is 2.71. The fourth-order valence-corrected chi connectivity index (χ4v) is 1.73. The lowest BCUT2D eigenvalue weighted by atomic mass is 10.0. The highest BCUT2D eigenvalue weighted by atomic mass is 19.1. The molecule has 0 fully saturated rings. The summed E-state index contributed by atoms with van der Waals surface area (Å²) in [6, 6.07) is 14.5. The van der Waals surface area contributed by atoms with Crippen LogP contribution >= 0.6 is 0 Å². The molecule has 0 amide bonds. The predicted octanol–water partition coefficient (Wildman–Crippen LogP) is 3.07. The molecule has 0 spiro atoms. The van der Waals surface area contributed by atoms with Crippen LogP contribution in [0, 0.1) is 5.82 Å². The predicted molar refractivity (Wildman–Crippen MR) is 68.7 cm³/mol. The maximum absolute atomic E-state index is 13.1. The summed E-state index contributed by atoms with van der Waals surface area (Å²) in [5.41, 5.74) is 0.392. The molecule has 3 nitrogen and oxygen atoms in total. The number of para-hydroxylation sites is 1. The lowest BCUT2D eigenvalue weighted by Gasteiger charge is -2.14. The molecule has 1 unspecified atom stereocenters. The number of rotatable bonds is 5. The molecule has 4 heteroatoms. The average molecular weight is 260 g/mol. The molecule has 1 atom stereocenters. The van der Waals surface area contributed by atoms with E-state index >= 15 is 0 Å².